The largest absolute Gasteiger partial charge is 2.00 e. The molecule has 0 unspecified atom stereocenters. The first-order valence-corrected chi connectivity index (χ1v) is 8.57. The average Bonchev–Trinajstić information content (AvgIpc) is 2.62. The Morgan fingerprint density at radius 1 is 0.815 bits per heavy atom. The summed E-state index contributed by atoms with van der Waals surface area (Å²) in [5.41, 5.74) is -1.64. The number of rotatable bonds is 2. The van der Waals surface area contributed by atoms with Crippen molar-refractivity contribution in [2.45, 2.75) is 5.51 Å². The second-order valence-electron chi connectivity index (χ2n) is 4.88. The van der Waals surface area contributed by atoms with Gasteiger partial charge in [-0.15, -0.1) is 71.8 Å². The van der Waals surface area contributed by atoms with Gasteiger partial charge in [-0.3, -0.25) is 4.55 Å². The Morgan fingerprint density at radius 3 is 1.52 bits per heavy atom. The van der Waals surface area contributed by atoms with Crippen LogP contribution in [0, 0.1) is 12.1 Å². The van der Waals surface area contributed by atoms with Gasteiger partial charge in [0, 0.05) is 0 Å². The zero-order valence-corrected chi connectivity index (χ0v) is 15.2. The summed E-state index contributed by atoms with van der Waals surface area (Å²) in [6, 6.07) is 28.1. The second-order valence-corrected chi connectivity index (χ2v) is 6.29. The van der Waals surface area contributed by atoms with Crippen LogP contribution < -0.4 is 0 Å². The van der Waals surface area contributed by atoms with Crippen molar-refractivity contribution in [3.05, 3.63) is 78.9 Å². The van der Waals surface area contributed by atoms with Gasteiger partial charge in [-0.1, -0.05) is 18.2 Å². The molecule has 0 amide bonds. The fraction of sp³-hybridized carbons (Fsp3) is 0.0556. The second kappa shape index (κ2) is 9.64. The maximum Gasteiger partial charge on any atom is 2.00 e. The molecule has 144 valence electrons. The maximum absolute atomic E-state index is 10.7. The van der Waals surface area contributed by atoms with Crippen molar-refractivity contribution >= 4 is 10.1 Å². The number of pyridine rings is 1. The molecular formula is C18H12F3NNiO3S. The van der Waals surface area contributed by atoms with Crippen molar-refractivity contribution in [2.75, 3.05) is 0 Å². The Hall–Kier alpha value is -2.22. The van der Waals surface area contributed by atoms with Crippen LogP contribution in [0.15, 0.2) is 66.7 Å². The molecule has 3 aromatic rings. The van der Waals surface area contributed by atoms with Crippen LogP contribution in [0.4, 0.5) is 13.2 Å². The number of halogens is 3. The van der Waals surface area contributed by atoms with Crippen molar-refractivity contribution in [3.8, 4) is 22.5 Å². The van der Waals surface area contributed by atoms with Crippen molar-refractivity contribution in [2.24, 2.45) is 0 Å². The summed E-state index contributed by atoms with van der Waals surface area (Å²) >= 11 is 0. The van der Waals surface area contributed by atoms with Gasteiger partial charge in [0.25, 0.3) is 0 Å². The van der Waals surface area contributed by atoms with Gasteiger partial charge in [-0.05, 0) is 11.4 Å². The first kappa shape index (κ1) is 22.8. The Balaban J connectivity index is 0.000000350. The summed E-state index contributed by atoms with van der Waals surface area (Å²) in [5, 5.41) is 0. The monoisotopic (exact) mass is 437 g/mol. The quantitative estimate of drug-likeness (QED) is 0.279. The van der Waals surface area contributed by atoms with Crippen LogP contribution in [-0.2, 0) is 26.6 Å². The zero-order chi connectivity index (χ0) is 19.2. The molecule has 0 aliphatic rings. The van der Waals surface area contributed by atoms with Crippen LogP contribution in [0.25, 0.3) is 22.5 Å². The molecule has 1 N–H and O–H groups in total. The molecule has 0 atom stereocenters. The van der Waals surface area contributed by atoms with Crippen molar-refractivity contribution < 1.29 is 42.6 Å². The van der Waals surface area contributed by atoms with Crippen molar-refractivity contribution in [3.63, 3.8) is 0 Å². The first-order valence-electron chi connectivity index (χ1n) is 7.13. The topological polar surface area (TPSA) is 67.3 Å². The van der Waals surface area contributed by atoms with Crippen LogP contribution in [0.2, 0.25) is 0 Å². The van der Waals surface area contributed by atoms with Crippen LogP contribution in [0.5, 0.6) is 0 Å². The standard InChI is InChI=1S/C17H11N.CHF3O3S.Ni/c1-3-8-14(9-4-1)16-12-7-13-17(18-16)15-10-5-2-6-11-15;2-1(3,4)8(5,6)7;/h1-8,10,12-13H;(H,5,6,7);/q-2;;+2. The molecule has 1 aromatic heterocycles. The molecule has 9 heteroatoms. The van der Waals surface area contributed by atoms with E-state index in [2.05, 4.69) is 17.1 Å². The molecule has 27 heavy (non-hydrogen) atoms. The van der Waals surface area contributed by atoms with Crippen LogP contribution in [0.3, 0.4) is 0 Å². The predicted molar refractivity (Wildman–Crippen MR) is 90.4 cm³/mol. The van der Waals surface area contributed by atoms with Gasteiger partial charge >= 0.3 is 32.1 Å². The molecule has 0 aliphatic heterocycles. The van der Waals surface area contributed by atoms with Gasteiger partial charge < -0.3 is 4.98 Å². The van der Waals surface area contributed by atoms with E-state index >= 15 is 0 Å². The third-order valence-electron chi connectivity index (χ3n) is 3.01. The van der Waals surface area contributed by atoms with E-state index in [0.717, 1.165) is 22.5 Å². The average molecular weight is 438 g/mol. The van der Waals surface area contributed by atoms with Crippen LogP contribution in [0.1, 0.15) is 0 Å². The minimum absolute atomic E-state index is 0. The van der Waals surface area contributed by atoms with Gasteiger partial charge in [0.2, 0.25) is 0 Å². The summed E-state index contributed by atoms with van der Waals surface area (Å²) < 4.78 is 57.5. The fourth-order valence-electron chi connectivity index (χ4n) is 1.84. The van der Waals surface area contributed by atoms with E-state index in [9.17, 15) is 13.2 Å². The minimum atomic E-state index is -5.84. The summed E-state index contributed by atoms with van der Waals surface area (Å²) in [5.74, 6) is 0. The smallest absolute Gasteiger partial charge is 0.345 e. The molecule has 0 spiro atoms. The van der Waals surface area contributed by atoms with E-state index < -0.39 is 15.6 Å². The SMILES string of the molecule is O=S(=O)(O)C(F)(F)F.[Ni+2].[c-]1ccccc1-c1cccc(-c2[c-]cccc2)n1. The third-order valence-corrected chi connectivity index (χ3v) is 3.60. The van der Waals surface area contributed by atoms with E-state index in [0.29, 0.717) is 0 Å². The predicted octanol–water partition coefficient (Wildman–Crippen LogP) is 4.41. The number of hydrogen-bond acceptors (Lipinski definition) is 3. The van der Waals surface area contributed by atoms with Crippen molar-refractivity contribution in [1.82, 2.24) is 4.98 Å². The molecule has 0 fully saturated rings. The number of benzene rings is 2. The van der Waals surface area contributed by atoms with Gasteiger partial charge in [-0.2, -0.15) is 21.6 Å². The maximum atomic E-state index is 10.7. The molecule has 0 saturated carbocycles. The summed E-state index contributed by atoms with van der Waals surface area (Å²) in [6.07, 6.45) is 0. The van der Waals surface area contributed by atoms with Gasteiger partial charge in [-0.25, -0.2) is 0 Å². The number of nitrogens with zero attached hydrogens (tertiary/aromatic N) is 1. The number of aromatic nitrogens is 1. The van der Waals surface area contributed by atoms with Gasteiger partial charge in [0.15, 0.2) is 0 Å². The normalized spacial score (nSPS) is 11.0. The van der Waals surface area contributed by atoms with E-state index in [1.807, 2.05) is 66.7 Å². The molecule has 0 aliphatic carbocycles. The van der Waals surface area contributed by atoms with E-state index in [1.54, 1.807) is 0 Å². The summed E-state index contributed by atoms with van der Waals surface area (Å²) in [7, 11) is -5.84. The van der Waals surface area contributed by atoms with Crippen LogP contribution in [-0.4, -0.2) is 23.5 Å². The molecule has 0 radical (unpaired) electrons. The molecule has 0 saturated heterocycles. The van der Waals surface area contributed by atoms with Crippen molar-refractivity contribution in [1.29, 1.82) is 0 Å². The zero-order valence-electron chi connectivity index (χ0n) is 13.4. The van der Waals surface area contributed by atoms with E-state index in [-0.39, 0.29) is 16.5 Å². The third kappa shape index (κ3) is 6.79. The van der Waals surface area contributed by atoms with Gasteiger partial charge in [0.05, 0.1) is 0 Å². The first-order chi connectivity index (χ1) is 12.2. The molecule has 3 rings (SSSR count). The minimum Gasteiger partial charge on any atom is -0.345 e. The molecule has 1 heterocycles. The summed E-state index contributed by atoms with van der Waals surface area (Å²) in [4.78, 5) is 4.65. The molecule has 2 aromatic carbocycles. The Morgan fingerprint density at radius 2 is 1.22 bits per heavy atom. The van der Waals surface area contributed by atoms with Gasteiger partial charge in [0.1, 0.15) is 0 Å². The van der Waals surface area contributed by atoms with E-state index in [4.69, 9.17) is 13.0 Å². The fourth-order valence-corrected chi connectivity index (χ4v) is 1.84. The molecular weight excluding hydrogens is 426 g/mol. The Kier molecular flexibility index (Phi) is 8.15. The summed E-state index contributed by atoms with van der Waals surface area (Å²) in [6.45, 7) is 0. The Bertz CT molecular complexity index is 896. The number of alkyl halides is 3. The number of hydrogen-bond donors (Lipinski definition) is 1. The molecule has 0 bridgehead atoms. The Labute approximate surface area is 164 Å². The van der Waals surface area contributed by atoms with Crippen LogP contribution >= 0.6 is 0 Å². The van der Waals surface area contributed by atoms with E-state index in [1.165, 1.54) is 0 Å². The molecule has 4 nitrogen and oxygen atoms in total.